The quantitative estimate of drug-likeness (QED) is 0.352. The van der Waals surface area contributed by atoms with Gasteiger partial charge in [-0.15, -0.1) is 0 Å². The molecule has 32 heavy (non-hydrogen) atoms. The molecule has 0 spiro atoms. The highest BCUT2D eigenvalue weighted by atomic mass is 32.1. The SMILES string of the molecule is S=C(Nc1ccc2nc(-c3ccccc3)c(-c3ccccc3)nc2c1)NC1CCCCC1. The van der Waals surface area contributed by atoms with Crippen molar-refractivity contribution in [3.8, 4) is 22.5 Å². The van der Waals surface area contributed by atoms with Crippen LogP contribution in [-0.2, 0) is 0 Å². The molecule has 0 aliphatic heterocycles. The van der Waals surface area contributed by atoms with Gasteiger partial charge < -0.3 is 10.6 Å². The number of fused-ring (bicyclic) bond motifs is 1. The average molecular weight is 439 g/mol. The summed E-state index contributed by atoms with van der Waals surface area (Å²) in [5.41, 5.74) is 6.50. The zero-order valence-electron chi connectivity index (χ0n) is 17.9. The molecule has 1 aromatic heterocycles. The summed E-state index contributed by atoms with van der Waals surface area (Å²) in [5.74, 6) is 0. The van der Waals surface area contributed by atoms with Crippen LogP contribution in [0.5, 0.6) is 0 Å². The molecule has 0 atom stereocenters. The number of hydrogen-bond acceptors (Lipinski definition) is 3. The largest absolute Gasteiger partial charge is 0.360 e. The van der Waals surface area contributed by atoms with Gasteiger partial charge in [0.25, 0.3) is 0 Å². The normalized spacial score (nSPS) is 14.2. The molecule has 1 saturated carbocycles. The van der Waals surface area contributed by atoms with E-state index in [4.69, 9.17) is 22.2 Å². The summed E-state index contributed by atoms with van der Waals surface area (Å²) in [5, 5.41) is 7.48. The van der Waals surface area contributed by atoms with Gasteiger partial charge in [0.15, 0.2) is 5.11 Å². The average Bonchev–Trinajstić information content (AvgIpc) is 2.85. The van der Waals surface area contributed by atoms with Gasteiger partial charge in [0.1, 0.15) is 0 Å². The van der Waals surface area contributed by atoms with Gasteiger partial charge in [0.05, 0.1) is 22.4 Å². The molecule has 2 N–H and O–H groups in total. The van der Waals surface area contributed by atoms with Crippen molar-refractivity contribution >= 4 is 34.1 Å². The molecule has 4 aromatic rings. The fourth-order valence-electron chi connectivity index (χ4n) is 4.33. The van der Waals surface area contributed by atoms with Crippen molar-refractivity contribution in [1.29, 1.82) is 0 Å². The fourth-order valence-corrected chi connectivity index (χ4v) is 4.61. The van der Waals surface area contributed by atoms with Crippen LogP contribution >= 0.6 is 12.2 Å². The summed E-state index contributed by atoms with van der Waals surface area (Å²) in [4.78, 5) is 10.0. The van der Waals surface area contributed by atoms with E-state index >= 15 is 0 Å². The zero-order chi connectivity index (χ0) is 21.8. The molecule has 1 fully saturated rings. The van der Waals surface area contributed by atoms with Gasteiger partial charge >= 0.3 is 0 Å². The predicted octanol–water partition coefficient (Wildman–Crippen LogP) is 6.58. The Bertz CT molecular complexity index is 1220. The first-order chi connectivity index (χ1) is 15.8. The number of hydrogen-bond donors (Lipinski definition) is 2. The number of anilines is 1. The van der Waals surface area contributed by atoms with Crippen molar-refractivity contribution in [3.63, 3.8) is 0 Å². The molecule has 1 aliphatic carbocycles. The van der Waals surface area contributed by atoms with E-state index in [9.17, 15) is 0 Å². The Morgan fingerprint density at radius 1 is 0.719 bits per heavy atom. The smallest absolute Gasteiger partial charge is 0.170 e. The van der Waals surface area contributed by atoms with Gasteiger partial charge in [0.2, 0.25) is 0 Å². The highest BCUT2D eigenvalue weighted by Crippen LogP contribution is 2.31. The van der Waals surface area contributed by atoms with Crippen molar-refractivity contribution < 1.29 is 0 Å². The molecule has 1 aliphatic rings. The maximum absolute atomic E-state index is 5.57. The van der Waals surface area contributed by atoms with Crippen LogP contribution in [0.15, 0.2) is 78.9 Å². The van der Waals surface area contributed by atoms with Crippen molar-refractivity contribution in [1.82, 2.24) is 15.3 Å². The van der Waals surface area contributed by atoms with Crippen LogP contribution in [-0.4, -0.2) is 21.1 Å². The molecule has 1 heterocycles. The minimum absolute atomic E-state index is 0.474. The molecule has 0 saturated heterocycles. The Morgan fingerprint density at radius 3 is 1.94 bits per heavy atom. The first-order valence-corrected chi connectivity index (χ1v) is 11.7. The minimum Gasteiger partial charge on any atom is -0.360 e. The van der Waals surface area contributed by atoms with Crippen LogP contribution in [0.4, 0.5) is 5.69 Å². The standard InChI is InChI=1S/C27H26N4S/c32-27(28-21-14-8-3-9-15-21)29-22-16-17-23-24(18-22)31-26(20-12-6-2-7-13-20)25(30-23)19-10-4-1-5-11-19/h1-2,4-7,10-13,16-18,21H,3,8-9,14-15H2,(H2,28,29,32). The Balaban J connectivity index is 1.48. The van der Waals surface area contributed by atoms with Crippen LogP contribution < -0.4 is 10.6 Å². The fraction of sp³-hybridized carbons (Fsp3) is 0.222. The van der Waals surface area contributed by atoms with E-state index in [1.165, 1.54) is 32.1 Å². The second-order valence-corrected chi connectivity index (χ2v) is 8.70. The van der Waals surface area contributed by atoms with E-state index in [-0.39, 0.29) is 0 Å². The Kier molecular flexibility index (Phi) is 6.08. The maximum atomic E-state index is 5.57. The number of aromatic nitrogens is 2. The molecular formula is C27H26N4S. The minimum atomic E-state index is 0.474. The van der Waals surface area contributed by atoms with Gasteiger partial charge in [0, 0.05) is 22.9 Å². The second-order valence-electron chi connectivity index (χ2n) is 8.29. The molecule has 0 amide bonds. The highest BCUT2D eigenvalue weighted by molar-refractivity contribution is 7.80. The molecule has 5 rings (SSSR count). The summed E-state index contributed by atoms with van der Waals surface area (Å²) < 4.78 is 0. The van der Waals surface area contributed by atoms with Gasteiger partial charge in [-0.25, -0.2) is 9.97 Å². The maximum Gasteiger partial charge on any atom is 0.170 e. The first kappa shape index (κ1) is 20.6. The lowest BCUT2D eigenvalue weighted by Gasteiger charge is -2.24. The van der Waals surface area contributed by atoms with Crippen LogP contribution in [0.3, 0.4) is 0 Å². The Hall–Kier alpha value is -3.31. The Labute approximate surface area is 194 Å². The molecular weight excluding hydrogens is 412 g/mol. The molecule has 4 nitrogen and oxygen atoms in total. The van der Waals surface area contributed by atoms with Crippen LogP contribution in [0.2, 0.25) is 0 Å². The summed E-state index contributed by atoms with van der Waals surface area (Å²) in [6, 6.07) is 27.0. The van der Waals surface area contributed by atoms with Gasteiger partial charge in [-0.3, -0.25) is 0 Å². The number of benzene rings is 3. The van der Waals surface area contributed by atoms with E-state index in [1.807, 2.05) is 54.6 Å². The van der Waals surface area contributed by atoms with Crippen LogP contribution in [0.1, 0.15) is 32.1 Å². The van der Waals surface area contributed by atoms with E-state index in [1.54, 1.807) is 0 Å². The second kappa shape index (κ2) is 9.45. The summed E-state index contributed by atoms with van der Waals surface area (Å²) in [7, 11) is 0. The first-order valence-electron chi connectivity index (χ1n) is 11.3. The van der Waals surface area contributed by atoms with E-state index in [0.29, 0.717) is 11.2 Å². The number of nitrogens with zero attached hydrogens (tertiary/aromatic N) is 2. The molecule has 0 bridgehead atoms. The van der Waals surface area contributed by atoms with E-state index in [0.717, 1.165) is 39.2 Å². The third-order valence-electron chi connectivity index (χ3n) is 5.96. The van der Waals surface area contributed by atoms with Gasteiger partial charge in [-0.1, -0.05) is 79.9 Å². The van der Waals surface area contributed by atoms with Crippen molar-refractivity contribution in [2.45, 2.75) is 38.1 Å². The van der Waals surface area contributed by atoms with Crippen LogP contribution in [0.25, 0.3) is 33.5 Å². The van der Waals surface area contributed by atoms with E-state index in [2.05, 4.69) is 34.9 Å². The van der Waals surface area contributed by atoms with Crippen molar-refractivity contribution in [3.05, 3.63) is 78.9 Å². The lowest BCUT2D eigenvalue weighted by molar-refractivity contribution is 0.415. The van der Waals surface area contributed by atoms with Gasteiger partial charge in [-0.05, 0) is 43.3 Å². The molecule has 160 valence electrons. The zero-order valence-corrected chi connectivity index (χ0v) is 18.7. The molecule has 0 unspecified atom stereocenters. The van der Waals surface area contributed by atoms with E-state index < -0.39 is 0 Å². The summed E-state index contributed by atoms with van der Waals surface area (Å²) in [6.07, 6.45) is 6.26. The van der Waals surface area contributed by atoms with Gasteiger partial charge in [-0.2, -0.15) is 0 Å². The third-order valence-corrected chi connectivity index (χ3v) is 6.18. The molecule has 5 heteroatoms. The topological polar surface area (TPSA) is 49.8 Å². The lowest BCUT2D eigenvalue weighted by atomic mass is 9.96. The van der Waals surface area contributed by atoms with Crippen molar-refractivity contribution in [2.75, 3.05) is 5.32 Å². The lowest BCUT2D eigenvalue weighted by Crippen LogP contribution is -2.38. The Morgan fingerprint density at radius 2 is 1.31 bits per heavy atom. The molecule has 0 radical (unpaired) electrons. The summed E-state index contributed by atoms with van der Waals surface area (Å²) in [6.45, 7) is 0. The van der Waals surface area contributed by atoms with Crippen LogP contribution in [0, 0.1) is 0 Å². The summed E-state index contributed by atoms with van der Waals surface area (Å²) >= 11 is 5.57. The predicted molar refractivity (Wildman–Crippen MR) is 137 cm³/mol. The monoisotopic (exact) mass is 438 g/mol. The highest BCUT2D eigenvalue weighted by Gasteiger charge is 2.15. The number of thiocarbonyl (C=S) groups is 1. The van der Waals surface area contributed by atoms with Crippen molar-refractivity contribution in [2.24, 2.45) is 0 Å². The number of nitrogens with one attached hydrogen (secondary N) is 2. The molecule has 3 aromatic carbocycles. The number of rotatable bonds is 4. The third kappa shape index (κ3) is 4.63.